The molecule has 0 bridgehead atoms. The summed E-state index contributed by atoms with van der Waals surface area (Å²) in [6, 6.07) is 8.26. The van der Waals surface area contributed by atoms with E-state index in [1.165, 1.54) is 11.1 Å². The van der Waals surface area contributed by atoms with E-state index in [0.717, 1.165) is 19.4 Å². The Kier molecular flexibility index (Phi) is 3.79. The van der Waals surface area contributed by atoms with Crippen molar-refractivity contribution in [3.63, 3.8) is 0 Å². The van der Waals surface area contributed by atoms with Gasteiger partial charge in [-0.3, -0.25) is 4.79 Å². The van der Waals surface area contributed by atoms with Crippen LogP contribution in [0.25, 0.3) is 0 Å². The Bertz CT molecular complexity index is 397. The molecule has 3 heteroatoms. The van der Waals surface area contributed by atoms with E-state index in [9.17, 15) is 4.79 Å². The third-order valence-corrected chi connectivity index (χ3v) is 3.39. The monoisotopic (exact) mass is 232 g/mol. The van der Waals surface area contributed by atoms with Gasteiger partial charge in [0.15, 0.2) is 0 Å². The third-order valence-electron chi connectivity index (χ3n) is 3.39. The van der Waals surface area contributed by atoms with Crippen molar-refractivity contribution in [3.8, 4) is 0 Å². The lowest BCUT2D eigenvalue weighted by Gasteiger charge is -2.19. The minimum Gasteiger partial charge on any atom is -0.348 e. The lowest BCUT2D eigenvalue weighted by molar-refractivity contribution is -0.123. The van der Waals surface area contributed by atoms with Gasteiger partial charge in [0.2, 0.25) is 5.91 Å². The normalized spacial score (nSPS) is 21.2. The van der Waals surface area contributed by atoms with E-state index in [4.69, 9.17) is 0 Å². The van der Waals surface area contributed by atoms with Gasteiger partial charge in [0.25, 0.3) is 0 Å². The minimum atomic E-state index is 0.00136. The molecule has 1 fully saturated rings. The quantitative estimate of drug-likeness (QED) is 0.836. The molecule has 1 aliphatic heterocycles. The van der Waals surface area contributed by atoms with E-state index in [1.54, 1.807) is 0 Å². The SMILES string of the molecule is Cc1ccccc1C(C)NC(=O)[C@@H]1CCCN1. The summed E-state index contributed by atoms with van der Waals surface area (Å²) in [5.74, 6) is 0.123. The van der Waals surface area contributed by atoms with Crippen LogP contribution < -0.4 is 10.6 Å². The van der Waals surface area contributed by atoms with Crippen molar-refractivity contribution < 1.29 is 4.79 Å². The molecule has 2 rings (SSSR count). The number of amides is 1. The molecule has 2 N–H and O–H groups in total. The second-order valence-electron chi connectivity index (χ2n) is 4.74. The van der Waals surface area contributed by atoms with E-state index < -0.39 is 0 Å². The zero-order valence-electron chi connectivity index (χ0n) is 10.5. The van der Waals surface area contributed by atoms with Crippen LogP contribution in [0, 0.1) is 6.92 Å². The van der Waals surface area contributed by atoms with Crippen LogP contribution in [0.15, 0.2) is 24.3 Å². The molecule has 0 radical (unpaired) electrons. The van der Waals surface area contributed by atoms with Crippen LogP contribution in [0.5, 0.6) is 0 Å². The van der Waals surface area contributed by atoms with Crippen molar-refractivity contribution in [2.24, 2.45) is 0 Å². The van der Waals surface area contributed by atoms with Crippen LogP contribution in [-0.2, 0) is 4.79 Å². The first kappa shape index (κ1) is 12.1. The Morgan fingerprint density at radius 1 is 1.47 bits per heavy atom. The molecule has 92 valence electrons. The fraction of sp³-hybridized carbons (Fsp3) is 0.500. The molecule has 0 aromatic heterocycles. The molecule has 1 saturated heterocycles. The number of carbonyl (C=O) groups is 1. The number of nitrogens with one attached hydrogen (secondary N) is 2. The molecule has 17 heavy (non-hydrogen) atoms. The molecular weight excluding hydrogens is 212 g/mol. The molecule has 3 nitrogen and oxygen atoms in total. The maximum absolute atomic E-state index is 12.0. The van der Waals surface area contributed by atoms with Crippen molar-refractivity contribution in [1.82, 2.24) is 10.6 Å². The number of hydrogen-bond donors (Lipinski definition) is 2. The van der Waals surface area contributed by atoms with Gasteiger partial charge in [-0.25, -0.2) is 0 Å². The Labute approximate surface area is 103 Å². The third kappa shape index (κ3) is 2.86. The minimum absolute atomic E-state index is 0.00136. The summed E-state index contributed by atoms with van der Waals surface area (Å²) in [5.41, 5.74) is 2.42. The van der Waals surface area contributed by atoms with E-state index in [-0.39, 0.29) is 18.0 Å². The lowest BCUT2D eigenvalue weighted by Crippen LogP contribution is -2.41. The van der Waals surface area contributed by atoms with Gasteiger partial charge < -0.3 is 10.6 Å². The zero-order valence-corrected chi connectivity index (χ0v) is 10.5. The number of rotatable bonds is 3. The van der Waals surface area contributed by atoms with Gasteiger partial charge in [-0.2, -0.15) is 0 Å². The van der Waals surface area contributed by atoms with Crippen LogP contribution in [0.4, 0.5) is 0 Å². The van der Waals surface area contributed by atoms with Crippen molar-refractivity contribution in [2.45, 2.75) is 38.8 Å². The van der Waals surface area contributed by atoms with Crippen LogP contribution >= 0.6 is 0 Å². The summed E-state index contributed by atoms with van der Waals surface area (Å²) in [7, 11) is 0. The van der Waals surface area contributed by atoms with Crippen molar-refractivity contribution >= 4 is 5.91 Å². The van der Waals surface area contributed by atoms with Gasteiger partial charge in [-0.05, 0) is 44.4 Å². The van der Waals surface area contributed by atoms with Gasteiger partial charge in [0.1, 0.15) is 0 Å². The van der Waals surface area contributed by atoms with E-state index >= 15 is 0 Å². The standard InChI is InChI=1S/C14H20N2O/c1-10-6-3-4-7-12(10)11(2)16-14(17)13-8-5-9-15-13/h3-4,6-7,11,13,15H,5,8-9H2,1-2H3,(H,16,17)/t11?,13-/m0/s1. The summed E-state index contributed by atoms with van der Waals surface area (Å²) in [6.45, 7) is 5.07. The maximum Gasteiger partial charge on any atom is 0.237 e. The maximum atomic E-state index is 12.0. The van der Waals surface area contributed by atoms with Crippen molar-refractivity contribution in [2.75, 3.05) is 6.54 Å². The van der Waals surface area contributed by atoms with E-state index in [1.807, 2.05) is 19.1 Å². The van der Waals surface area contributed by atoms with Crippen LogP contribution in [0.2, 0.25) is 0 Å². The highest BCUT2D eigenvalue weighted by Crippen LogP contribution is 2.17. The highest BCUT2D eigenvalue weighted by atomic mass is 16.2. The first-order chi connectivity index (χ1) is 8.18. The largest absolute Gasteiger partial charge is 0.348 e. The molecule has 0 aliphatic carbocycles. The van der Waals surface area contributed by atoms with Crippen LogP contribution in [0.1, 0.15) is 36.9 Å². The second-order valence-corrected chi connectivity index (χ2v) is 4.74. The Morgan fingerprint density at radius 3 is 2.88 bits per heavy atom. The molecule has 0 saturated carbocycles. The molecule has 1 heterocycles. The lowest BCUT2D eigenvalue weighted by atomic mass is 10.0. The smallest absolute Gasteiger partial charge is 0.237 e. The van der Waals surface area contributed by atoms with Crippen LogP contribution in [-0.4, -0.2) is 18.5 Å². The van der Waals surface area contributed by atoms with Crippen molar-refractivity contribution in [3.05, 3.63) is 35.4 Å². The summed E-state index contributed by atoms with van der Waals surface area (Å²) in [6.07, 6.45) is 2.04. The van der Waals surface area contributed by atoms with E-state index in [2.05, 4.69) is 29.7 Å². The topological polar surface area (TPSA) is 41.1 Å². The number of benzene rings is 1. The molecule has 1 aromatic rings. The van der Waals surface area contributed by atoms with Crippen molar-refractivity contribution in [1.29, 1.82) is 0 Å². The van der Waals surface area contributed by atoms with Gasteiger partial charge >= 0.3 is 0 Å². The van der Waals surface area contributed by atoms with Gasteiger partial charge in [0, 0.05) is 0 Å². The Balaban J connectivity index is 1.99. The average molecular weight is 232 g/mol. The van der Waals surface area contributed by atoms with Crippen LogP contribution in [0.3, 0.4) is 0 Å². The first-order valence-corrected chi connectivity index (χ1v) is 6.28. The summed E-state index contributed by atoms with van der Waals surface area (Å²) in [5, 5.41) is 6.29. The highest BCUT2D eigenvalue weighted by molar-refractivity contribution is 5.82. The molecule has 1 amide bonds. The predicted molar refractivity (Wildman–Crippen MR) is 68.8 cm³/mol. The average Bonchev–Trinajstić information content (AvgIpc) is 2.82. The van der Waals surface area contributed by atoms with Gasteiger partial charge in [0.05, 0.1) is 12.1 Å². The number of carbonyl (C=O) groups excluding carboxylic acids is 1. The Morgan fingerprint density at radius 2 is 2.24 bits per heavy atom. The second kappa shape index (κ2) is 5.32. The molecule has 2 atom stereocenters. The molecule has 0 spiro atoms. The zero-order chi connectivity index (χ0) is 12.3. The summed E-state index contributed by atoms with van der Waals surface area (Å²) in [4.78, 5) is 12.0. The van der Waals surface area contributed by atoms with E-state index in [0.29, 0.717) is 0 Å². The highest BCUT2D eigenvalue weighted by Gasteiger charge is 2.23. The molecule has 1 unspecified atom stereocenters. The Hall–Kier alpha value is -1.35. The molecule has 1 aliphatic rings. The fourth-order valence-electron chi connectivity index (χ4n) is 2.37. The number of hydrogen-bond acceptors (Lipinski definition) is 2. The predicted octanol–water partition coefficient (Wildman–Crippen LogP) is 1.92. The molecular formula is C14H20N2O. The fourth-order valence-corrected chi connectivity index (χ4v) is 2.37. The summed E-state index contributed by atoms with van der Waals surface area (Å²) < 4.78 is 0. The number of aryl methyl sites for hydroxylation is 1. The molecule has 1 aromatic carbocycles. The van der Waals surface area contributed by atoms with Gasteiger partial charge in [-0.15, -0.1) is 0 Å². The first-order valence-electron chi connectivity index (χ1n) is 6.28. The van der Waals surface area contributed by atoms with Gasteiger partial charge in [-0.1, -0.05) is 24.3 Å². The summed E-state index contributed by atoms with van der Waals surface area (Å²) >= 11 is 0.